The zero-order valence-corrected chi connectivity index (χ0v) is 23.7. The van der Waals surface area contributed by atoms with E-state index in [1.54, 1.807) is 21.3 Å². The summed E-state index contributed by atoms with van der Waals surface area (Å²) in [5.74, 6) is 0.497. The van der Waals surface area contributed by atoms with Gasteiger partial charge in [-0.1, -0.05) is 30.3 Å². The monoisotopic (exact) mass is 562 g/mol. The van der Waals surface area contributed by atoms with Crippen molar-refractivity contribution in [3.8, 4) is 34.3 Å². The van der Waals surface area contributed by atoms with Gasteiger partial charge in [-0.05, 0) is 51.0 Å². The first-order valence-corrected chi connectivity index (χ1v) is 13.9. The Morgan fingerprint density at radius 2 is 1.85 bits per heavy atom. The molecular formula is C30H26N8O2S. The van der Waals surface area contributed by atoms with Crippen molar-refractivity contribution in [2.45, 2.75) is 39.8 Å². The highest BCUT2D eigenvalue weighted by Crippen LogP contribution is 2.36. The van der Waals surface area contributed by atoms with Crippen molar-refractivity contribution < 1.29 is 4.74 Å². The molecule has 6 aromatic rings. The first-order valence-electron chi connectivity index (χ1n) is 13.0. The van der Waals surface area contributed by atoms with Crippen molar-refractivity contribution >= 4 is 33.0 Å². The van der Waals surface area contributed by atoms with E-state index in [0.29, 0.717) is 27.9 Å². The quantitative estimate of drug-likeness (QED) is 0.285. The van der Waals surface area contributed by atoms with Crippen LogP contribution in [0.3, 0.4) is 0 Å². The number of benzene rings is 1. The molecule has 6 rings (SSSR count). The fourth-order valence-electron chi connectivity index (χ4n) is 5.03. The van der Waals surface area contributed by atoms with Crippen molar-refractivity contribution in [1.29, 1.82) is 5.26 Å². The van der Waals surface area contributed by atoms with Gasteiger partial charge >= 0.3 is 0 Å². The number of nitrogen functional groups attached to an aromatic ring is 1. The molecule has 0 aliphatic carbocycles. The van der Waals surface area contributed by atoms with E-state index in [-0.39, 0.29) is 28.9 Å². The van der Waals surface area contributed by atoms with Crippen molar-refractivity contribution in [3.05, 3.63) is 87.5 Å². The Kier molecular flexibility index (Phi) is 6.47. The van der Waals surface area contributed by atoms with Crippen molar-refractivity contribution in [1.82, 2.24) is 29.1 Å². The van der Waals surface area contributed by atoms with Crippen LogP contribution in [0.2, 0.25) is 0 Å². The topological polar surface area (TPSA) is 137 Å². The molecule has 204 valence electrons. The van der Waals surface area contributed by atoms with E-state index in [2.05, 4.69) is 21.0 Å². The van der Waals surface area contributed by atoms with Gasteiger partial charge in [0.2, 0.25) is 5.88 Å². The summed E-state index contributed by atoms with van der Waals surface area (Å²) in [6, 6.07) is 15.1. The molecule has 0 bridgehead atoms. The highest BCUT2D eigenvalue weighted by atomic mass is 32.1. The average molecular weight is 563 g/mol. The molecule has 0 saturated heterocycles. The number of nitrogens with zero attached hydrogens (tertiary/aromatic N) is 7. The molecule has 2 N–H and O–H groups in total. The van der Waals surface area contributed by atoms with Gasteiger partial charge in [0.25, 0.3) is 5.56 Å². The fourth-order valence-corrected chi connectivity index (χ4v) is 5.95. The fraction of sp³-hybridized carbons (Fsp3) is 0.200. The van der Waals surface area contributed by atoms with E-state index in [1.807, 2.05) is 69.5 Å². The SMILES string of the molecule is Cc1csc2cc([C@H](C)n3nc(-c4cnc(OC(C)C)c(C#N)c4)c4c(N)ncnc43)c(-c3ccccc3)c(=O)n12. The Morgan fingerprint density at radius 3 is 2.59 bits per heavy atom. The Morgan fingerprint density at radius 1 is 1.07 bits per heavy atom. The second-order valence-electron chi connectivity index (χ2n) is 9.98. The summed E-state index contributed by atoms with van der Waals surface area (Å²) in [6.45, 7) is 7.65. The molecule has 5 heterocycles. The lowest BCUT2D eigenvalue weighted by atomic mass is 9.97. The van der Waals surface area contributed by atoms with E-state index >= 15 is 0 Å². The van der Waals surface area contributed by atoms with E-state index in [4.69, 9.17) is 15.6 Å². The largest absolute Gasteiger partial charge is 0.474 e. The lowest BCUT2D eigenvalue weighted by molar-refractivity contribution is 0.232. The predicted molar refractivity (Wildman–Crippen MR) is 159 cm³/mol. The molecular weight excluding hydrogens is 536 g/mol. The number of anilines is 1. The van der Waals surface area contributed by atoms with Crippen LogP contribution in [0, 0.1) is 18.3 Å². The van der Waals surface area contributed by atoms with Gasteiger partial charge in [-0.2, -0.15) is 10.4 Å². The molecule has 1 aromatic carbocycles. The number of hydrogen-bond donors (Lipinski definition) is 1. The van der Waals surface area contributed by atoms with Crippen LogP contribution < -0.4 is 16.0 Å². The summed E-state index contributed by atoms with van der Waals surface area (Å²) in [6.07, 6.45) is 2.85. The minimum absolute atomic E-state index is 0.0938. The van der Waals surface area contributed by atoms with Gasteiger partial charge in [-0.3, -0.25) is 9.20 Å². The van der Waals surface area contributed by atoms with E-state index in [9.17, 15) is 10.1 Å². The number of fused-ring (bicyclic) bond motifs is 2. The molecule has 1 atom stereocenters. The Balaban J connectivity index is 1.59. The maximum absolute atomic E-state index is 13.9. The highest BCUT2D eigenvalue weighted by molar-refractivity contribution is 7.15. The molecule has 0 unspecified atom stereocenters. The molecule has 0 radical (unpaired) electrons. The normalized spacial score (nSPS) is 12.2. The minimum atomic E-state index is -0.414. The summed E-state index contributed by atoms with van der Waals surface area (Å²) in [5.41, 5.74) is 11.2. The third-order valence-electron chi connectivity index (χ3n) is 6.90. The predicted octanol–water partition coefficient (Wildman–Crippen LogP) is 5.39. The summed E-state index contributed by atoms with van der Waals surface area (Å²) >= 11 is 1.51. The van der Waals surface area contributed by atoms with E-state index in [0.717, 1.165) is 21.7 Å². The number of aryl methyl sites for hydroxylation is 1. The molecule has 0 aliphatic rings. The van der Waals surface area contributed by atoms with Crippen molar-refractivity contribution in [2.75, 3.05) is 5.73 Å². The van der Waals surface area contributed by atoms with Crippen LogP contribution in [0.25, 0.3) is 38.2 Å². The number of pyridine rings is 2. The third-order valence-corrected chi connectivity index (χ3v) is 7.90. The number of ether oxygens (including phenoxy) is 1. The maximum Gasteiger partial charge on any atom is 0.264 e. The molecule has 0 amide bonds. The molecule has 0 aliphatic heterocycles. The smallest absolute Gasteiger partial charge is 0.264 e. The van der Waals surface area contributed by atoms with Gasteiger partial charge in [-0.25, -0.2) is 19.6 Å². The first kappa shape index (κ1) is 26.2. The zero-order valence-electron chi connectivity index (χ0n) is 22.9. The summed E-state index contributed by atoms with van der Waals surface area (Å²) in [4.78, 5) is 27.9. The molecule has 10 nitrogen and oxygen atoms in total. The Bertz CT molecular complexity index is 2040. The van der Waals surface area contributed by atoms with E-state index in [1.165, 1.54) is 17.7 Å². The van der Waals surface area contributed by atoms with Gasteiger partial charge in [0.1, 0.15) is 34.3 Å². The Hall–Kier alpha value is -5.08. The average Bonchev–Trinajstić information content (AvgIpc) is 3.54. The van der Waals surface area contributed by atoms with Gasteiger partial charge in [0, 0.05) is 22.8 Å². The second-order valence-corrected chi connectivity index (χ2v) is 10.9. The van der Waals surface area contributed by atoms with Crippen LogP contribution in [-0.4, -0.2) is 35.2 Å². The third kappa shape index (κ3) is 4.38. The van der Waals surface area contributed by atoms with Crippen LogP contribution in [0.15, 0.2) is 65.2 Å². The van der Waals surface area contributed by atoms with Gasteiger partial charge in [0.15, 0.2) is 5.65 Å². The molecule has 0 fully saturated rings. The highest BCUT2D eigenvalue weighted by Gasteiger charge is 2.26. The van der Waals surface area contributed by atoms with Crippen LogP contribution in [0.5, 0.6) is 5.88 Å². The number of rotatable bonds is 6. The number of nitrogens with two attached hydrogens (primary N) is 1. The van der Waals surface area contributed by atoms with Crippen molar-refractivity contribution in [3.63, 3.8) is 0 Å². The maximum atomic E-state index is 13.9. The molecule has 0 spiro atoms. The number of nitriles is 1. The first-order chi connectivity index (χ1) is 19.8. The standard InChI is InChI=1S/C30H26N8O2S/c1-16(2)40-29-20(12-31)10-21(13-33-29)26-25-27(32)34-15-35-28(25)38(36-26)18(4)22-11-23-37(17(3)14-41-23)30(39)24(22)19-8-6-5-7-9-19/h5-11,13-16,18H,1-4H3,(H2,32,34,35)/t18-/m0/s1. The number of hydrogen-bond acceptors (Lipinski definition) is 9. The number of aromatic nitrogens is 6. The van der Waals surface area contributed by atoms with Crippen LogP contribution in [0.1, 0.15) is 43.6 Å². The lowest BCUT2D eigenvalue weighted by Gasteiger charge is -2.18. The van der Waals surface area contributed by atoms with Crippen LogP contribution >= 0.6 is 11.3 Å². The zero-order chi connectivity index (χ0) is 28.8. The molecule has 41 heavy (non-hydrogen) atoms. The lowest BCUT2D eigenvalue weighted by Crippen LogP contribution is -2.21. The van der Waals surface area contributed by atoms with Gasteiger partial charge in [-0.15, -0.1) is 11.3 Å². The van der Waals surface area contributed by atoms with Crippen LogP contribution in [0.4, 0.5) is 5.82 Å². The van der Waals surface area contributed by atoms with Gasteiger partial charge in [0.05, 0.1) is 23.1 Å². The number of thiazole rings is 1. The molecule has 0 saturated carbocycles. The Labute approximate surface area is 239 Å². The summed E-state index contributed by atoms with van der Waals surface area (Å²) in [5, 5.41) is 17.3. The second kappa shape index (κ2) is 10.1. The summed E-state index contributed by atoms with van der Waals surface area (Å²) in [7, 11) is 0. The van der Waals surface area contributed by atoms with Crippen LogP contribution in [-0.2, 0) is 0 Å². The molecule has 5 aromatic heterocycles. The molecule has 11 heteroatoms. The van der Waals surface area contributed by atoms with Crippen molar-refractivity contribution in [2.24, 2.45) is 0 Å². The summed E-state index contributed by atoms with van der Waals surface area (Å²) < 4.78 is 9.20. The minimum Gasteiger partial charge on any atom is -0.474 e. The van der Waals surface area contributed by atoms with Gasteiger partial charge < -0.3 is 10.5 Å². The van der Waals surface area contributed by atoms with E-state index < -0.39 is 6.04 Å².